The summed E-state index contributed by atoms with van der Waals surface area (Å²) in [6.45, 7) is 7.34. The van der Waals surface area contributed by atoms with Crippen molar-refractivity contribution < 1.29 is 9.22 Å². The lowest BCUT2D eigenvalue weighted by molar-refractivity contribution is -0.849. The minimum atomic E-state index is -1.40. The number of benzene rings is 4. The molecule has 0 radical (unpaired) electrons. The van der Waals surface area contributed by atoms with Gasteiger partial charge in [0, 0.05) is 6.42 Å². The normalized spacial score (nSPS) is 11.5. The molecule has 4 aromatic rings. The molecule has 0 saturated heterocycles. The first-order chi connectivity index (χ1) is 19.0. The summed E-state index contributed by atoms with van der Waals surface area (Å²) in [5.74, 6) is 8.22. The predicted octanol–water partition coefficient (Wildman–Crippen LogP) is 6.18. The van der Waals surface area contributed by atoms with Gasteiger partial charge < -0.3 is 9.22 Å². The van der Waals surface area contributed by atoms with E-state index < -0.39 is 6.15 Å². The van der Waals surface area contributed by atoms with Gasteiger partial charge in [-0.25, -0.2) is 0 Å². The summed E-state index contributed by atoms with van der Waals surface area (Å²) in [6.07, 6.45) is 0.276. The summed E-state index contributed by atoms with van der Waals surface area (Å²) in [7, 11) is 8.50. The Morgan fingerprint density at radius 2 is 1.02 bits per heavy atom. The molecule has 0 saturated carbocycles. The molecule has 0 spiro atoms. The minimum absolute atomic E-state index is 0.151. The molecule has 0 aromatic heterocycles. The molecule has 208 valence electrons. The maximum atomic E-state index is 6.00. The molecule has 0 unspecified atom stereocenters. The van der Waals surface area contributed by atoms with Gasteiger partial charge in [-0.1, -0.05) is 124 Å². The third kappa shape index (κ3) is 9.18. The molecule has 0 aliphatic carbocycles. The van der Waals surface area contributed by atoms with Crippen molar-refractivity contribution >= 4 is 22.5 Å². The first-order valence-corrected chi connectivity index (χ1v) is 14.3. The molecule has 0 amide bonds. The van der Waals surface area contributed by atoms with Crippen molar-refractivity contribution in [3.8, 4) is 17.5 Å². The lowest BCUT2D eigenvalue weighted by atomic mass is 9.16. The maximum absolute atomic E-state index is 6.00. The van der Waals surface area contributed by atoms with Crippen LogP contribution in [0.25, 0.3) is 0 Å². The molecule has 4 rings (SSSR count). The van der Waals surface area contributed by atoms with Crippen LogP contribution in [0.1, 0.15) is 39.2 Å². The van der Waals surface area contributed by atoms with Gasteiger partial charge in [-0.05, 0) is 29.5 Å². The van der Waals surface area contributed by atoms with Crippen LogP contribution < -0.4 is 21.1 Å². The van der Waals surface area contributed by atoms with Crippen LogP contribution in [0.3, 0.4) is 0 Å². The zero-order chi connectivity index (χ0) is 29.1. The highest BCUT2D eigenvalue weighted by atomic mass is 16.5. The highest BCUT2D eigenvalue weighted by Gasteiger charge is 2.27. The highest BCUT2D eigenvalue weighted by Crippen LogP contribution is 2.24. The number of hydrogen-bond acceptors (Lipinski definition) is 1. The zero-order valence-corrected chi connectivity index (χ0v) is 25.5. The number of ether oxygens (including phenoxy) is 1. The van der Waals surface area contributed by atoms with Gasteiger partial charge in [0.15, 0.2) is 0 Å². The Balaban J connectivity index is 0.000000810. The van der Waals surface area contributed by atoms with Gasteiger partial charge in [0.05, 0.1) is 34.8 Å². The summed E-state index contributed by atoms with van der Waals surface area (Å²) < 4.78 is 7.00. The Labute approximate surface area is 243 Å². The summed E-state index contributed by atoms with van der Waals surface area (Å²) in [5, 5.41) is 0. The first-order valence-electron chi connectivity index (χ1n) is 14.3. The van der Waals surface area contributed by atoms with Crippen molar-refractivity contribution in [2.24, 2.45) is 0 Å². The van der Waals surface area contributed by atoms with Gasteiger partial charge in [0.2, 0.25) is 0 Å². The predicted molar refractivity (Wildman–Crippen MR) is 176 cm³/mol. The standard InChI is InChI=1S/C33H34BO.C4H12N/c1-33(2,3)28-22-24-32(25-23-28)35-27-15-7-14-26-34(29-16-8-4-9-17-29,30-18-10-5-11-19-30)31-20-12-6-13-21-31;1-5(2,3)4/h4-6,8-13,16-25H,7,15,27H2,1-3H3;1-4H3/q-1;+1. The van der Waals surface area contributed by atoms with E-state index in [0.29, 0.717) is 6.61 Å². The average Bonchev–Trinajstić information content (AvgIpc) is 2.93. The topological polar surface area (TPSA) is 9.23 Å². The Kier molecular flexibility index (Phi) is 10.8. The summed E-state index contributed by atoms with van der Waals surface area (Å²) in [5.41, 5.74) is 5.20. The van der Waals surface area contributed by atoms with E-state index in [9.17, 15) is 0 Å². The van der Waals surface area contributed by atoms with Crippen LogP contribution in [0.4, 0.5) is 0 Å². The SMILES string of the molecule is CC(C)(C)c1ccc(OCCCC#C[B-](c2ccccc2)(c2ccccc2)c2ccccc2)cc1.C[N+](C)(C)C. The fourth-order valence-electron chi connectivity index (χ4n) is 4.68. The molecule has 0 fully saturated rings. The Morgan fingerprint density at radius 3 is 1.40 bits per heavy atom. The van der Waals surface area contributed by atoms with Gasteiger partial charge in [0.1, 0.15) is 11.9 Å². The third-order valence-electron chi connectivity index (χ3n) is 6.65. The summed E-state index contributed by atoms with van der Waals surface area (Å²) in [4.78, 5) is 0. The van der Waals surface area contributed by atoms with E-state index in [2.05, 4.69) is 176 Å². The van der Waals surface area contributed by atoms with Gasteiger partial charge in [-0.3, -0.25) is 5.82 Å². The van der Waals surface area contributed by atoms with Gasteiger partial charge in [0.25, 0.3) is 0 Å². The largest absolute Gasteiger partial charge is 0.494 e. The monoisotopic (exact) mass is 531 g/mol. The van der Waals surface area contributed by atoms with Crippen LogP contribution in [0.5, 0.6) is 5.75 Å². The van der Waals surface area contributed by atoms with Gasteiger partial charge in [-0.2, -0.15) is 16.4 Å². The summed E-state index contributed by atoms with van der Waals surface area (Å²) >= 11 is 0. The second-order valence-electron chi connectivity index (χ2n) is 12.8. The van der Waals surface area contributed by atoms with Crippen LogP contribution >= 0.6 is 0 Å². The van der Waals surface area contributed by atoms with E-state index in [-0.39, 0.29) is 5.41 Å². The molecule has 0 N–H and O–H groups in total. The number of unbranched alkanes of at least 4 members (excludes halogenated alkanes) is 1. The first kappa shape index (κ1) is 30.8. The van der Waals surface area contributed by atoms with E-state index in [4.69, 9.17) is 4.74 Å². The molecule has 0 aliphatic rings. The molecule has 0 heterocycles. The van der Waals surface area contributed by atoms with Crippen LogP contribution in [0.2, 0.25) is 0 Å². The van der Waals surface area contributed by atoms with Crippen molar-refractivity contribution in [2.75, 3.05) is 34.8 Å². The maximum Gasteiger partial charge on any atom is 0.149 e. The number of nitrogens with zero attached hydrogens (tertiary/aromatic N) is 1. The molecule has 0 bridgehead atoms. The smallest absolute Gasteiger partial charge is 0.149 e. The summed E-state index contributed by atoms with van der Waals surface area (Å²) in [6, 6.07) is 40.6. The third-order valence-corrected chi connectivity index (χ3v) is 6.65. The van der Waals surface area contributed by atoms with Crippen molar-refractivity contribution in [1.82, 2.24) is 0 Å². The Hall–Kier alpha value is -3.74. The van der Waals surface area contributed by atoms with Gasteiger partial charge >= 0.3 is 0 Å². The molecule has 3 heteroatoms. The fourth-order valence-corrected chi connectivity index (χ4v) is 4.68. The van der Waals surface area contributed by atoms with E-state index in [0.717, 1.165) is 23.1 Å². The second-order valence-corrected chi connectivity index (χ2v) is 12.8. The molecular formula is C37H46BNO. The number of hydrogen-bond donors (Lipinski definition) is 0. The molecule has 0 aliphatic heterocycles. The van der Waals surface area contributed by atoms with E-state index in [1.807, 2.05) is 0 Å². The molecular weight excluding hydrogens is 485 g/mol. The Bertz CT molecular complexity index is 1240. The molecule has 2 nitrogen and oxygen atoms in total. The van der Waals surface area contributed by atoms with E-state index in [1.54, 1.807) is 0 Å². The quantitative estimate of drug-likeness (QED) is 0.120. The Morgan fingerprint density at radius 1 is 0.625 bits per heavy atom. The van der Waals surface area contributed by atoms with Crippen molar-refractivity contribution in [2.45, 2.75) is 39.0 Å². The highest BCUT2D eigenvalue weighted by molar-refractivity contribution is 7.16. The van der Waals surface area contributed by atoms with Crippen molar-refractivity contribution in [3.63, 3.8) is 0 Å². The number of rotatable bonds is 7. The van der Waals surface area contributed by atoms with E-state index in [1.165, 1.54) is 22.0 Å². The van der Waals surface area contributed by atoms with Crippen LogP contribution in [0.15, 0.2) is 115 Å². The zero-order valence-electron chi connectivity index (χ0n) is 25.5. The minimum Gasteiger partial charge on any atom is -0.494 e. The number of quaternary nitrogens is 1. The van der Waals surface area contributed by atoms with Crippen LogP contribution in [-0.2, 0) is 5.41 Å². The lowest BCUT2D eigenvalue weighted by Gasteiger charge is -2.38. The van der Waals surface area contributed by atoms with Crippen LogP contribution in [0, 0.1) is 11.7 Å². The van der Waals surface area contributed by atoms with Gasteiger partial charge in [-0.15, -0.1) is 5.92 Å². The van der Waals surface area contributed by atoms with E-state index >= 15 is 0 Å². The molecule has 0 atom stereocenters. The van der Waals surface area contributed by atoms with Crippen molar-refractivity contribution in [1.29, 1.82) is 0 Å². The fraction of sp³-hybridized carbons (Fsp3) is 0.297. The molecule has 40 heavy (non-hydrogen) atoms. The lowest BCUT2D eigenvalue weighted by Crippen LogP contribution is -2.66. The van der Waals surface area contributed by atoms with Crippen LogP contribution in [-0.4, -0.2) is 45.4 Å². The second kappa shape index (κ2) is 14.1. The average molecular weight is 532 g/mol. The van der Waals surface area contributed by atoms with Crippen molar-refractivity contribution in [3.05, 3.63) is 121 Å². The molecule has 4 aromatic carbocycles.